The Morgan fingerprint density at radius 3 is 2.73 bits per heavy atom. The number of aryl methyl sites for hydroxylation is 2. The minimum absolute atomic E-state index is 0.0101. The summed E-state index contributed by atoms with van der Waals surface area (Å²) in [6, 6.07) is 9.90. The molecule has 0 fully saturated rings. The Labute approximate surface area is 178 Å². The van der Waals surface area contributed by atoms with Gasteiger partial charge >= 0.3 is 0 Å². The molecule has 0 radical (unpaired) electrons. The maximum Gasteiger partial charge on any atom is 0.226 e. The third-order valence-corrected chi connectivity index (χ3v) is 5.69. The highest BCUT2D eigenvalue weighted by Crippen LogP contribution is 2.39. The van der Waals surface area contributed by atoms with E-state index in [0.29, 0.717) is 33.3 Å². The van der Waals surface area contributed by atoms with E-state index >= 15 is 0 Å². The van der Waals surface area contributed by atoms with Crippen molar-refractivity contribution in [3.63, 3.8) is 0 Å². The second-order valence-electron chi connectivity index (χ2n) is 7.25. The molecule has 1 aliphatic rings. The number of hydrogen-bond acceptors (Lipinski definition) is 5. The van der Waals surface area contributed by atoms with Crippen LogP contribution in [-0.2, 0) is 4.79 Å². The minimum Gasteiger partial charge on any atom is -0.504 e. The number of benzene rings is 2. The zero-order valence-electron chi connectivity index (χ0n) is 16.7. The molecule has 1 amide bonds. The van der Waals surface area contributed by atoms with Gasteiger partial charge in [0.05, 0.1) is 24.4 Å². The van der Waals surface area contributed by atoms with Gasteiger partial charge in [-0.15, -0.1) is 0 Å². The van der Waals surface area contributed by atoms with Gasteiger partial charge in [0, 0.05) is 22.6 Å². The van der Waals surface area contributed by atoms with Gasteiger partial charge in [0.15, 0.2) is 17.3 Å². The number of halogens is 1. The highest BCUT2D eigenvalue weighted by Gasteiger charge is 2.36. The summed E-state index contributed by atoms with van der Waals surface area (Å²) in [5, 5.41) is 17.8. The first-order valence-electron chi connectivity index (χ1n) is 9.37. The summed E-state index contributed by atoms with van der Waals surface area (Å²) in [6.07, 6.45) is 0.0101. The zero-order chi connectivity index (χ0) is 21.6. The van der Waals surface area contributed by atoms with E-state index in [-0.39, 0.29) is 29.6 Å². The van der Waals surface area contributed by atoms with Crippen LogP contribution >= 0.6 is 11.6 Å². The summed E-state index contributed by atoms with van der Waals surface area (Å²) in [5.41, 5.74) is 3.28. The Balaban J connectivity index is 1.81. The number of aromatic hydroxyl groups is 1. The van der Waals surface area contributed by atoms with Gasteiger partial charge in [-0.2, -0.15) is 5.10 Å². The van der Waals surface area contributed by atoms with Crippen LogP contribution in [0.1, 0.15) is 39.5 Å². The predicted molar refractivity (Wildman–Crippen MR) is 113 cm³/mol. The zero-order valence-corrected chi connectivity index (χ0v) is 17.4. The molecule has 154 valence electrons. The van der Waals surface area contributed by atoms with Crippen molar-refractivity contribution in [1.82, 2.24) is 9.78 Å². The molecule has 2 aromatic carbocycles. The van der Waals surface area contributed by atoms with Gasteiger partial charge in [0.25, 0.3) is 0 Å². The molecule has 1 aromatic heterocycles. The van der Waals surface area contributed by atoms with E-state index in [2.05, 4.69) is 10.4 Å². The summed E-state index contributed by atoms with van der Waals surface area (Å²) in [6.45, 7) is 3.71. The molecule has 0 spiro atoms. The molecule has 1 aliphatic heterocycles. The number of hydrogen-bond donors (Lipinski definition) is 2. The predicted octanol–water partition coefficient (Wildman–Crippen LogP) is 4.17. The third kappa shape index (κ3) is 3.31. The number of phenolic OH excluding ortho intramolecular Hbond substituents is 1. The molecule has 30 heavy (non-hydrogen) atoms. The van der Waals surface area contributed by atoms with Crippen LogP contribution in [0.4, 0.5) is 5.82 Å². The Bertz CT molecular complexity index is 1190. The fourth-order valence-electron chi connectivity index (χ4n) is 3.70. The van der Waals surface area contributed by atoms with Crippen LogP contribution in [0.25, 0.3) is 5.69 Å². The van der Waals surface area contributed by atoms with Crippen molar-refractivity contribution in [3.8, 4) is 17.2 Å². The number of anilines is 1. The largest absolute Gasteiger partial charge is 0.504 e. The van der Waals surface area contributed by atoms with Gasteiger partial charge in [-0.05, 0) is 49.7 Å². The molecule has 0 aliphatic carbocycles. The van der Waals surface area contributed by atoms with Crippen LogP contribution < -0.4 is 10.1 Å². The molecule has 4 rings (SSSR count). The number of fused-ring (bicyclic) bond motifs is 1. The molecule has 2 N–H and O–H groups in total. The van der Waals surface area contributed by atoms with Crippen LogP contribution in [-0.4, -0.2) is 33.7 Å². The maximum absolute atomic E-state index is 13.3. The first-order chi connectivity index (χ1) is 14.3. The first-order valence-corrected chi connectivity index (χ1v) is 9.75. The Morgan fingerprint density at radius 1 is 1.27 bits per heavy atom. The number of ether oxygens (including phenoxy) is 1. The lowest BCUT2D eigenvalue weighted by atomic mass is 9.85. The quantitative estimate of drug-likeness (QED) is 0.612. The number of Topliss-reactive ketones (excluding diaryl/α,β-unsaturated/α-hetero) is 1. The van der Waals surface area contributed by atoms with Crippen molar-refractivity contribution in [2.45, 2.75) is 26.2 Å². The van der Waals surface area contributed by atoms with Gasteiger partial charge in [0.2, 0.25) is 5.91 Å². The van der Waals surface area contributed by atoms with Crippen LogP contribution in [0.5, 0.6) is 11.5 Å². The molecule has 0 saturated heterocycles. The maximum atomic E-state index is 13.3. The number of carbonyl (C=O) groups is 2. The van der Waals surface area contributed by atoms with Gasteiger partial charge in [-0.1, -0.05) is 17.7 Å². The number of methoxy groups -OCH3 is 1. The molecule has 2 heterocycles. The van der Waals surface area contributed by atoms with Crippen LogP contribution in [0.3, 0.4) is 0 Å². The Morgan fingerprint density at radius 2 is 2.03 bits per heavy atom. The monoisotopic (exact) mass is 425 g/mol. The average molecular weight is 426 g/mol. The molecule has 0 saturated carbocycles. The summed E-state index contributed by atoms with van der Waals surface area (Å²) in [4.78, 5) is 25.8. The average Bonchev–Trinajstić information content (AvgIpc) is 3.05. The number of nitrogens with zero attached hydrogens (tertiary/aromatic N) is 2. The van der Waals surface area contributed by atoms with Crippen LogP contribution in [0.2, 0.25) is 5.02 Å². The summed E-state index contributed by atoms with van der Waals surface area (Å²) < 4.78 is 6.71. The fraction of sp³-hybridized carbons (Fsp3) is 0.227. The highest BCUT2D eigenvalue weighted by molar-refractivity contribution is 6.31. The van der Waals surface area contributed by atoms with Gasteiger partial charge in [-0.25, -0.2) is 4.68 Å². The fourth-order valence-corrected chi connectivity index (χ4v) is 3.88. The van der Waals surface area contributed by atoms with Crippen LogP contribution in [0.15, 0.2) is 36.4 Å². The number of nitrogens with one attached hydrogen (secondary N) is 1. The summed E-state index contributed by atoms with van der Waals surface area (Å²) in [7, 11) is 1.41. The molecular weight excluding hydrogens is 406 g/mol. The standard InChI is InChI=1S/C22H20ClN3O4/c1-11-4-6-14(9-16(11)23)26-22-20(12(2)25-26)15(10-19(28)24-22)21(29)13-5-7-17(27)18(8-13)30-3/h4-9,15,27H,10H2,1-3H3,(H,24,28). The third-order valence-electron chi connectivity index (χ3n) is 5.28. The normalized spacial score (nSPS) is 15.5. The van der Waals surface area contributed by atoms with E-state index in [4.69, 9.17) is 16.3 Å². The number of rotatable bonds is 4. The summed E-state index contributed by atoms with van der Waals surface area (Å²) in [5.74, 6) is -0.607. The number of aromatic nitrogens is 2. The second kappa shape index (κ2) is 7.50. The number of amides is 1. The topological polar surface area (TPSA) is 93.5 Å². The lowest BCUT2D eigenvalue weighted by Gasteiger charge is -2.23. The number of carbonyl (C=O) groups excluding carboxylic acids is 2. The van der Waals surface area contributed by atoms with Crippen molar-refractivity contribution in [2.24, 2.45) is 0 Å². The highest BCUT2D eigenvalue weighted by atomic mass is 35.5. The molecule has 0 bridgehead atoms. The SMILES string of the molecule is COc1cc(C(=O)C2CC(=O)Nc3c2c(C)nn3-c2ccc(C)c(Cl)c2)ccc1O. The van der Waals surface area contributed by atoms with Crippen molar-refractivity contribution in [3.05, 3.63) is 63.8 Å². The van der Waals surface area contributed by atoms with E-state index in [1.54, 1.807) is 17.7 Å². The van der Waals surface area contributed by atoms with E-state index in [0.717, 1.165) is 5.56 Å². The van der Waals surface area contributed by atoms with Crippen molar-refractivity contribution in [2.75, 3.05) is 12.4 Å². The first kappa shape index (κ1) is 20.0. The van der Waals surface area contributed by atoms with Gasteiger partial charge < -0.3 is 15.2 Å². The molecular formula is C22H20ClN3O4. The molecule has 8 heteroatoms. The van der Waals surface area contributed by atoms with Crippen molar-refractivity contribution >= 4 is 29.1 Å². The molecule has 1 unspecified atom stereocenters. The van der Waals surface area contributed by atoms with E-state index in [1.807, 2.05) is 19.1 Å². The lowest BCUT2D eigenvalue weighted by Crippen LogP contribution is -2.28. The van der Waals surface area contributed by atoms with Gasteiger partial charge in [0.1, 0.15) is 5.82 Å². The minimum atomic E-state index is -0.697. The molecule has 7 nitrogen and oxygen atoms in total. The molecule has 3 aromatic rings. The van der Waals surface area contributed by atoms with E-state index in [1.165, 1.54) is 25.3 Å². The van der Waals surface area contributed by atoms with Gasteiger partial charge in [-0.3, -0.25) is 9.59 Å². The lowest BCUT2D eigenvalue weighted by molar-refractivity contribution is -0.116. The Kier molecular flexibility index (Phi) is 4.99. The van der Waals surface area contributed by atoms with Crippen molar-refractivity contribution < 1.29 is 19.4 Å². The van der Waals surface area contributed by atoms with E-state index in [9.17, 15) is 14.7 Å². The number of ketones is 1. The Hall–Kier alpha value is -3.32. The molecule has 1 atom stereocenters. The summed E-state index contributed by atoms with van der Waals surface area (Å²) >= 11 is 6.27. The van der Waals surface area contributed by atoms with Crippen LogP contribution in [0, 0.1) is 13.8 Å². The smallest absolute Gasteiger partial charge is 0.226 e. The number of phenols is 1. The van der Waals surface area contributed by atoms with E-state index < -0.39 is 5.92 Å². The second-order valence-corrected chi connectivity index (χ2v) is 7.66. The van der Waals surface area contributed by atoms with Crippen molar-refractivity contribution in [1.29, 1.82) is 0 Å².